The standard InChI is InChI=1S/C13H14N2O6S/c1-15-11(13(16)17)7-10(14-22(15,18)19)9-6-8(20-2)4-5-12(9)21-3/h4-7H,1-3H3,(H,16,17). The van der Waals surface area contributed by atoms with Crippen molar-refractivity contribution >= 4 is 21.9 Å². The highest BCUT2D eigenvalue weighted by molar-refractivity contribution is 7.88. The lowest BCUT2D eigenvalue weighted by atomic mass is 10.1. The Kier molecular flexibility index (Phi) is 4.09. The van der Waals surface area contributed by atoms with E-state index >= 15 is 0 Å². The first-order chi connectivity index (χ1) is 10.3. The molecule has 0 spiro atoms. The van der Waals surface area contributed by atoms with Crippen LogP contribution in [0.15, 0.2) is 34.4 Å². The van der Waals surface area contributed by atoms with Gasteiger partial charge in [0.2, 0.25) is 0 Å². The number of carboxylic acids is 1. The van der Waals surface area contributed by atoms with Gasteiger partial charge >= 0.3 is 16.2 Å². The summed E-state index contributed by atoms with van der Waals surface area (Å²) in [6.07, 6.45) is 1.17. The van der Waals surface area contributed by atoms with Crippen molar-refractivity contribution in [3.8, 4) is 11.5 Å². The number of carboxylic acid groups (broad SMARTS) is 1. The minimum atomic E-state index is -4.12. The molecule has 1 N–H and O–H groups in total. The number of likely N-dealkylation sites (N-methyl/N-ethyl adjacent to an activating group) is 1. The molecule has 1 aromatic carbocycles. The topological polar surface area (TPSA) is 106 Å². The zero-order valence-electron chi connectivity index (χ0n) is 12.1. The normalized spacial score (nSPS) is 16.6. The molecule has 1 aliphatic heterocycles. The highest BCUT2D eigenvalue weighted by atomic mass is 32.2. The van der Waals surface area contributed by atoms with Crippen LogP contribution in [0, 0.1) is 0 Å². The van der Waals surface area contributed by atoms with E-state index in [1.54, 1.807) is 12.1 Å². The zero-order valence-corrected chi connectivity index (χ0v) is 12.9. The summed E-state index contributed by atoms with van der Waals surface area (Å²) < 4.78 is 38.5. The number of nitrogens with zero attached hydrogens (tertiary/aromatic N) is 2. The fraction of sp³-hybridized carbons (Fsp3) is 0.231. The first-order valence-electron chi connectivity index (χ1n) is 6.06. The molecule has 0 aliphatic carbocycles. The Hall–Kier alpha value is -2.55. The first-order valence-corrected chi connectivity index (χ1v) is 7.46. The van der Waals surface area contributed by atoms with Crippen molar-refractivity contribution in [2.45, 2.75) is 0 Å². The van der Waals surface area contributed by atoms with Gasteiger partial charge in [-0.1, -0.05) is 0 Å². The molecule has 0 bridgehead atoms. The second-order valence-corrected chi connectivity index (χ2v) is 5.95. The smallest absolute Gasteiger partial charge is 0.353 e. The summed E-state index contributed by atoms with van der Waals surface area (Å²) in [5.41, 5.74) is -0.126. The van der Waals surface area contributed by atoms with E-state index in [-0.39, 0.29) is 5.71 Å². The Morgan fingerprint density at radius 2 is 1.95 bits per heavy atom. The lowest BCUT2D eigenvalue weighted by Crippen LogP contribution is -2.33. The lowest BCUT2D eigenvalue weighted by Gasteiger charge is -2.22. The molecule has 0 amide bonds. The number of rotatable bonds is 4. The van der Waals surface area contributed by atoms with Crippen molar-refractivity contribution < 1.29 is 27.8 Å². The van der Waals surface area contributed by atoms with Crippen LogP contribution in [0.1, 0.15) is 5.56 Å². The zero-order chi connectivity index (χ0) is 16.5. The molecular weight excluding hydrogens is 312 g/mol. The van der Waals surface area contributed by atoms with Crippen molar-refractivity contribution in [3.63, 3.8) is 0 Å². The van der Waals surface area contributed by atoms with E-state index in [0.717, 1.165) is 7.05 Å². The van der Waals surface area contributed by atoms with E-state index in [1.165, 1.54) is 26.4 Å². The summed E-state index contributed by atoms with van der Waals surface area (Å²) in [6, 6.07) is 4.73. The summed E-state index contributed by atoms with van der Waals surface area (Å²) in [5, 5.41) is 9.15. The van der Waals surface area contributed by atoms with Crippen molar-refractivity contribution in [1.29, 1.82) is 0 Å². The average Bonchev–Trinajstić information content (AvgIpc) is 2.48. The summed E-state index contributed by atoms with van der Waals surface area (Å²) in [4.78, 5) is 11.2. The Bertz CT molecular complexity index is 782. The summed E-state index contributed by atoms with van der Waals surface area (Å²) in [7, 11) is -0.129. The van der Waals surface area contributed by atoms with Crippen molar-refractivity contribution in [1.82, 2.24) is 4.31 Å². The Balaban J connectivity index is 2.68. The quantitative estimate of drug-likeness (QED) is 0.871. The SMILES string of the molecule is COc1ccc(OC)c(C2=NS(=O)(=O)N(C)C(C(=O)O)=C2)c1. The molecule has 2 rings (SSSR count). The molecule has 9 heteroatoms. The summed E-state index contributed by atoms with van der Waals surface area (Å²) >= 11 is 0. The van der Waals surface area contributed by atoms with E-state index < -0.39 is 21.9 Å². The number of allylic oxidation sites excluding steroid dienone is 1. The minimum Gasteiger partial charge on any atom is -0.497 e. The van der Waals surface area contributed by atoms with Gasteiger partial charge in [-0.15, -0.1) is 4.40 Å². The van der Waals surface area contributed by atoms with Crippen LogP contribution in [0.2, 0.25) is 0 Å². The fourth-order valence-corrected chi connectivity index (χ4v) is 2.80. The van der Waals surface area contributed by atoms with Gasteiger partial charge in [-0.2, -0.15) is 8.42 Å². The number of carbonyl (C=O) groups is 1. The van der Waals surface area contributed by atoms with Gasteiger partial charge in [0.1, 0.15) is 17.2 Å². The molecular formula is C13H14N2O6S. The maximum atomic E-state index is 12.0. The number of methoxy groups -OCH3 is 2. The van der Waals surface area contributed by atoms with Gasteiger partial charge < -0.3 is 14.6 Å². The van der Waals surface area contributed by atoms with E-state index in [2.05, 4.69) is 4.40 Å². The molecule has 0 radical (unpaired) electrons. The Labute approximate surface area is 127 Å². The largest absolute Gasteiger partial charge is 0.497 e. The number of benzene rings is 1. The molecule has 118 valence electrons. The first kappa shape index (κ1) is 15.8. The van der Waals surface area contributed by atoms with Crippen LogP contribution in [-0.2, 0) is 15.0 Å². The van der Waals surface area contributed by atoms with E-state index in [0.29, 0.717) is 21.4 Å². The van der Waals surface area contributed by atoms with Gasteiger partial charge in [0.25, 0.3) is 0 Å². The minimum absolute atomic E-state index is 0.0359. The van der Waals surface area contributed by atoms with E-state index in [1.807, 2.05) is 0 Å². The van der Waals surface area contributed by atoms with Crippen LogP contribution in [0.5, 0.6) is 11.5 Å². The summed E-state index contributed by atoms with van der Waals surface area (Å²) in [6.45, 7) is 0. The van der Waals surface area contributed by atoms with Crippen LogP contribution in [0.25, 0.3) is 0 Å². The molecule has 0 unspecified atom stereocenters. The van der Waals surface area contributed by atoms with E-state index in [4.69, 9.17) is 14.6 Å². The van der Waals surface area contributed by atoms with Crippen molar-refractivity contribution in [2.24, 2.45) is 4.40 Å². The average molecular weight is 326 g/mol. The molecule has 0 saturated carbocycles. The van der Waals surface area contributed by atoms with Crippen molar-refractivity contribution in [3.05, 3.63) is 35.5 Å². The van der Waals surface area contributed by atoms with Crippen LogP contribution < -0.4 is 9.47 Å². The van der Waals surface area contributed by atoms with Gasteiger partial charge in [0, 0.05) is 12.6 Å². The monoisotopic (exact) mass is 326 g/mol. The third kappa shape index (κ3) is 2.75. The summed E-state index contributed by atoms with van der Waals surface area (Å²) in [5.74, 6) is -0.569. The number of hydrogen-bond acceptors (Lipinski definition) is 5. The second-order valence-electron chi connectivity index (χ2n) is 4.32. The van der Waals surface area contributed by atoms with Gasteiger partial charge in [-0.05, 0) is 24.3 Å². The van der Waals surface area contributed by atoms with Crippen LogP contribution >= 0.6 is 0 Å². The predicted molar refractivity (Wildman–Crippen MR) is 78.5 cm³/mol. The van der Waals surface area contributed by atoms with Crippen LogP contribution in [0.3, 0.4) is 0 Å². The molecule has 0 saturated heterocycles. The highest BCUT2D eigenvalue weighted by Crippen LogP contribution is 2.28. The molecule has 0 aromatic heterocycles. The van der Waals surface area contributed by atoms with E-state index in [9.17, 15) is 13.2 Å². The maximum absolute atomic E-state index is 12.0. The predicted octanol–water partition coefficient (Wildman–Crippen LogP) is 0.652. The van der Waals surface area contributed by atoms with Gasteiger partial charge in [-0.25, -0.2) is 9.10 Å². The second kappa shape index (κ2) is 5.68. The Morgan fingerprint density at radius 1 is 1.27 bits per heavy atom. The molecule has 1 heterocycles. The van der Waals surface area contributed by atoms with Crippen LogP contribution in [0.4, 0.5) is 0 Å². The third-order valence-electron chi connectivity index (χ3n) is 3.07. The molecule has 0 fully saturated rings. The molecule has 22 heavy (non-hydrogen) atoms. The van der Waals surface area contributed by atoms with Gasteiger partial charge in [0.05, 0.1) is 19.9 Å². The third-order valence-corrected chi connectivity index (χ3v) is 4.39. The molecule has 1 aromatic rings. The molecule has 8 nitrogen and oxygen atoms in total. The number of ether oxygens (including phenoxy) is 2. The number of aliphatic carboxylic acids is 1. The lowest BCUT2D eigenvalue weighted by molar-refractivity contribution is -0.133. The maximum Gasteiger partial charge on any atom is 0.353 e. The molecule has 0 atom stereocenters. The number of hydrogen-bond donors (Lipinski definition) is 1. The fourth-order valence-electron chi connectivity index (χ4n) is 1.89. The van der Waals surface area contributed by atoms with Crippen molar-refractivity contribution in [2.75, 3.05) is 21.3 Å². The van der Waals surface area contributed by atoms with Gasteiger partial charge in [-0.3, -0.25) is 0 Å². The Morgan fingerprint density at radius 3 is 2.50 bits per heavy atom. The van der Waals surface area contributed by atoms with Crippen LogP contribution in [-0.4, -0.2) is 50.8 Å². The highest BCUT2D eigenvalue weighted by Gasteiger charge is 2.30. The molecule has 1 aliphatic rings. The van der Waals surface area contributed by atoms with Gasteiger partial charge in [0.15, 0.2) is 0 Å².